The standard InChI is InChI=1S/C17H25N5O2/c1-20-6-7-21(11-16(20)23)14-10-15(19-13-18-14)22-8-9-24-17(12-22)4-2-3-5-17/h10,13H,2-9,11-12H2,1H3. The van der Waals surface area contributed by atoms with Crippen LogP contribution in [0.4, 0.5) is 11.6 Å². The summed E-state index contributed by atoms with van der Waals surface area (Å²) in [6.07, 6.45) is 6.42. The van der Waals surface area contributed by atoms with Crippen molar-refractivity contribution in [1.29, 1.82) is 0 Å². The van der Waals surface area contributed by atoms with Gasteiger partial charge in [-0.2, -0.15) is 0 Å². The molecule has 3 heterocycles. The van der Waals surface area contributed by atoms with Crippen molar-refractivity contribution in [2.75, 3.05) is 56.2 Å². The van der Waals surface area contributed by atoms with Gasteiger partial charge >= 0.3 is 0 Å². The van der Waals surface area contributed by atoms with Gasteiger partial charge in [-0.1, -0.05) is 12.8 Å². The highest BCUT2D eigenvalue weighted by Gasteiger charge is 2.39. The molecule has 0 unspecified atom stereocenters. The normalized spacial score (nSPS) is 24.0. The summed E-state index contributed by atoms with van der Waals surface area (Å²) in [7, 11) is 1.85. The van der Waals surface area contributed by atoms with Gasteiger partial charge < -0.3 is 19.4 Å². The van der Waals surface area contributed by atoms with E-state index in [0.717, 1.165) is 57.3 Å². The summed E-state index contributed by atoms with van der Waals surface area (Å²) in [6, 6.07) is 2.02. The zero-order chi connectivity index (χ0) is 16.6. The average molecular weight is 331 g/mol. The molecule has 2 aliphatic heterocycles. The summed E-state index contributed by atoms with van der Waals surface area (Å²) in [6.45, 7) is 4.46. The largest absolute Gasteiger partial charge is 0.371 e. The molecule has 0 aromatic carbocycles. The van der Waals surface area contributed by atoms with Gasteiger partial charge in [0.1, 0.15) is 18.0 Å². The Balaban J connectivity index is 1.51. The molecule has 24 heavy (non-hydrogen) atoms. The first-order chi connectivity index (χ1) is 11.7. The van der Waals surface area contributed by atoms with E-state index in [1.54, 1.807) is 11.2 Å². The number of amides is 1. The SMILES string of the molecule is CN1CCN(c2cc(N3CCOC4(CCCC4)C3)ncn2)CC1=O. The minimum Gasteiger partial charge on any atom is -0.371 e. The average Bonchev–Trinajstić information content (AvgIpc) is 3.05. The molecular formula is C17H25N5O2. The van der Waals surface area contributed by atoms with E-state index in [-0.39, 0.29) is 11.5 Å². The number of likely N-dealkylation sites (N-methyl/N-ethyl adjacent to an activating group) is 1. The lowest BCUT2D eigenvalue weighted by Crippen LogP contribution is -2.51. The molecule has 0 atom stereocenters. The summed E-state index contributed by atoms with van der Waals surface area (Å²) in [5.74, 6) is 1.92. The van der Waals surface area contributed by atoms with E-state index >= 15 is 0 Å². The van der Waals surface area contributed by atoms with E-state index in [4.69, 9.17) is 4.74 Å². The van der Waals surface area contributed by atoms with Crippen molar-refractivity contribution in [1.82, 2.24) is 14.9 Å². The number of hydrogen-bond acceptors (Lipinski definition) is 6. The van der Waals surface area contributed by atoms with E-state index in [1.807, 2.05) is 18.0 Å². The highest BCUT2D eigenvalue weighted by molar-refractivity contribution is 5.82. The Kier molecular flexibility index (Phi) is 4.04. The van der Waals surface area contributed by atoms with Crippen LogP contribution in [0, 0.1) is 0 Å². The number of piperazine rings is 1. The molecule has 0 bridgehead atoms. The van der Waals surface area contributed by atoms with Crippen molar-refractivity contribution in [3.63, 3.8) is 0 Å². The van der Waals surface area contributed by atoms with Crippen LogP contribution in [0.5, 0.6) is 0 Å². The van der Waals surface area contributed by atoms with Crippen LogP contribution in [0.15, 0.2) is 12.4 Å². The lowest BCUT2D eigenvalue weighted by atomic mass is 10.00. The Bertz CT molecular complexity index is 617. The first-order valence-electron chi connectivity index (χ1n) is 8.85. The third kappa shape index (κ3) is 2.92. The van der Waals surface area contributed by atoms with Crippen LogP contribution in [-0.4, -0.2) is 72.8 Å². The van der Waals surface area contributed by atoms with E-state index in [1.165, 1.54) is 12.8 Å². The van der Waals surface area contributed by atoms with Crippen LogP contribution in [0.25, 0.3) is 0 Å². The van der Waals surface area contributed by atoms with Gasteiger partial charge in [-0.25, -0.2) is 9.97 Å². The molecule has 7 heteroatoms. The van der Waals surface area contributed by atoms with Gasteiger partial charge in [0, 0.05) is 39.3 Å². The van der Waals surface area contributed by atoms with Crippen molar-refractivity contribution in [3.8, 4) is 0 Å². The fourth-order valence-corrected chi connectivity index (χ4v) is 4.00. The topological polar surface area (TPSA) is 61.8 Å². The molecule has 0 N–H and O–H groups in total. The molecule has 1 spiro atoms. The second-order valence-corrected chi connectivity index (χ2v) is 7.13. The molecule has 1 aliphatic carbocycles. The Labute approximate surface area is 142 Å². The van der Waals surface area contributed by atoms with Crippen LogP contribution >= 0.6 is 0 Å². The number of carbonyl (C=O) groups excluding carboxylic acids is 1. The maximum absolute atomic E-state index is 11.9. The van der Waals surface area contributed by atoms with Crippen molar-refractivity contribution in [2.24, 2.45) is 0 Å². The molecule has 7 nitrogen and oxygen atoms in total. The zero-order valence-corrected chi connectivity index (χ0v) is 14.3. The maximum atomic E-state index is 11.9. The van der Waals surface area contributed by atoms with Gasteiger partial charge in [0.15, 0.2) is 0 Å². The second kappa shape index (κ2) is 6.20. The smallest absolute Gasteiger partial charge is 0.241 e. The second-order valence-electron chi connectivity index (χ2n) is 7.13. The molecule has 1 aromatic rings. The summed E-state index contributed by atoms with van der Waals surface area (Å²) < 4.78 is 6.10. The van der Waals surface area contributed by atoms with Crippen LogP contribution in [0.1, 0.15) is 25.7 Å². The van der Waals surface area contributed by atoms with Crippen LogP contribution in [-0.2, 0) is 9.53 Å². The molecule has 1 saturated carbocycles. The Hall–Kier alpha value is -1.89. The molecule has 0 radical (unpaired) electrons. The van der Waals surface area contributed by atoms with Crippen LogP contribution in [0.2, 0.25) is 0 Å². The summed E-state index contributed by atoms with van der Waals surface area (Å²) >= 11 is 0. The van der Waals surface area contributed by atoms with Crippen molar-refractivity contribution >= 4 is 17.5 Å². The quantitative estimate of drug-likeness (QED) is 0.803. The lowest BCUT2D eigenvalue weighted by Gasteiger charge is -2.41. The van der Waals surface area contributed by atoms with Crippen LogP contribution < -0.4 is 9.80 Å². The van der Waals surface area contributed by atoms with E-state index in [2.05, 4.69) is 14.9 Å². The highest BCUT2D eigenvalue weighted by Crippen LogP contribution is 2.37. The predicted molar refractivity (Wildman–Crippen MR) is 91.2 cm³/mol. The number of hydrogen-bond donors (Lipinski definition) is 0. The number of nitrogens with zero attached hydrogens (tertiary/aromatic N) is 5. The van der Waals surface area contributed by atoms with E-state index < -0.39 is 0 Å². The third-order valence-corrected chi connectivity index (χ3v) is 5.51. The fraction of sp³-hybridized carbons (Fsp3) is 0.706. The Morgan fingerprint density at radius 1 is 1.08 bits per heavy atom. The Morgan fingerprint density at radius 3 is 2.58 bits per heavy atom. The number of anilines is 2. The molecule has 3 aliphatic rings. The molecule has 2 saturated heterocycles. The van der Waals surface area contributed by atoms with Gasteiger partial charge in [-0.3, -0.25) is 4.79 Å². The number of morpholine rings is 1. The monoisotopic (exact) mass is 331 g/mol. The molecule has 1 aromatic heterocycles. The minimum atomic E-state index is 0.0210. The fourth-order valence-electron chi connectivity index (χ4n) is 4.00. The molecular weight excluding hydrogens is 306 g/mol. The highest BCUT2D eigenvalue weighted by atomic mass is 16.5. The zero-order valence-electron chi connectivity index (χ0n) is 14.3. The van der Waals surface area contributed by atoms with Crippen molar-refractivity contribution in [3.05, 3.63) is 12.4 Å². The molecule has 4 rings (SSSR count). The third-order valence-electron chi connectivity index (χ3n) is 5.51. The van der Waals surface area contributed by atoms with Gasteiger partial charge in [0.2, 0.25) is 5.91 Å². The Morgan fingerprint density at radius 2 is 1.83 bits per heavy atom. The van der Waals surface area contributed by atoms with E-state index in [0.29, 0.717) is 6.54 Å². The molecule has 3 fully saturated rings. The summed E-state index contributed by atoms with van der Waals surface area (Å²) in [4.78, 5) is 27.0. The number of aromatic nitrogens is 2. The van der Waals surface area contributed by atoms with E-state index in [9.17, 15) is 4.79 Å². The predicted octanol–water partition coefficient (Wildman–Crippen LogP) is 0.904. The molecule has 1 amide bonds. The van der Waals surface area contributed by atoms with Gasteiger partial charge in [0.25, 0.3) is 0 Å². The molecule has 130 valence electrons. The lowest BCUT2D eigenvalue weighted by molar-refractivity contribution is -0.129. The van der Waals surface area contributed by atoms with Crippen molar-refractivity contribution < 1.29 is 9.53 Å². The minimum absolute atomic E-state index is 0.0210. The van der Waals surface area contributed by atoms with Crippen LogP contribution in [0.3, 0.4) is 0 Å². The summed E-state index contributed by atoms with van der Waals surface area (Å²) in [5, 5.41) is 0. The summed E-state index contributed by atoms with van der Waals surface area (Å²) in [5.41, 5.74) is 0.0210. The first-order valence-corrected chi connectivity index (χ1v) is 8.85. The number of carbonyl (C=O) groups is 1. The number of rotatable bonds is 2. The van der Waals surface area contributed by atoms with Crippen molar-refractivity contribution in [2.45, 2.75) is 31.3 Å². The van der Waals surface area contributed by atoms with Gasteiger partial charge in [0.05, 0.1) is 18.8 Å². The first kappa shape index (κ1) is 15.6. The maximum Gasteiger partial charge on any atom is 0.241 e. The van der Waals surface area contributed by atoms with Gasteiger partial charge in [-0.15, -0.1) is 0 Å². The van der Waals surface area contributed by atoms with Gasteiger partial charge in [-0.05, 0) is 12.8 Å². The number of ether oxygens (including phenoxy) is 1.